The molecule has 84 valence electrons. The molecule has 0 spiro atoms. The fraction of sp³-hybridized carbons (Fsp3) is 0.727. The number of rotatable bonds is 2. The summed E-state index contributed by atoms with van der Waals surface area (Å²) in [5, 5.41) is 6.38. The van der Waals surface area contributed by atoms with Crippen LogP contribution in [-0.2, 0) is 7.05 Å². The zero-order valence-corrected chi connectivity index (χ0v) is 10.3. The van der Waals surface area contributed by atoms with Gasteiger partial charge in [-0.15, -0.1) is 11.8 Å². The number of hydrogen-bond donors (Lipinski definition) is 1. The van der Waals surface area contributed by atoms with Gasteiger partial charge in [-0.1, -0.05) is 0 Å². The number of hydrogen-bond acceptors (Lipinski definition) is 3. The molecule has 15 heavy (non-hydrogen) atoms. The van der Waals surface area contributed by atoms with E-state index in [1.165, 1.54) is 30.7 Å². The molecule has 0 aromatic carbocycles. The van der Waals surface area contributed by atoms with Crippen LogP contribution in [0.15, 0.2) is 11.1 Å². The van der Waals surface area contributed by atoms with E-state index >= 15 is 0 Å². The SMILES string of the molecule is Cc1cc(SC2CCC(N)CC2)n(C)n1. The molecule has 1 saturated carbocycles. The summed E-state index contributed by atoms with van der Waals surface area (Å²) in [6.45, 7) is 2.04. The average Bonchev–Trinajstić information content (AvgIpc) is 2.49. The Labute approximate surface area is 95.4 Å². The largest absolute Gasteiger partial charge is 0.328 e. The van der Waals surface area contributed by atoms with E-state index in [1.54, 1.807) is 0 Å². The molecule has 1 aromatic heterocycles. The molecule has 1 aliphatic rings. The van der Waals surface area contributed by atoms with Crippen LogP contribution in [0.1, 0.15) is 31.4 Å². The number of nitrogens with two attached hydrogens (primary N) is 1. The molecule has 0 bridgehead atoms. The third-order valence-corrected chi connectivity index (χ3v) is 4.39. The fourth-order valence-electron chi connectivity index (χ4n) is 2.07. The van der Waals surface area contributed by atoms with Crippen molar-refractivity contribution in [3.8, 4) is 0 Å². The second-order valence-corrected chi connectivity index (χ2v) is 5.72. The summed E-state index contributed by atoms with van der Waals surface area (Å²) in [5.74, 6) is 0. The predicted molar refractivity (Wildman–Crippen MR) is 64.0 cm³/mol. The minimum atomic E-state index is 0.440. The van der Waals surface area contributed by atoms with Crippen molar-refractivity contribution in [3.05, 3.63) is 11.8 Å². The van der Waals surface area contributed by atoms with Crippen molar-refractivity contribution in [1.82, 2.24) is 9.78 Å². The van der Waals surface area contributed by atoms with Crippen LogP contribution in [0.2, 0.25) is 0 Å². The third kappa shape index (κ3) is 2.75. The summed E-state index contributed by atoms with van der Waals surface area (Å²) in [6, 6.07) is 2.61. The number of aryl methyl sites for hydroxylation is 2. The first kappa shape index (κ1) is 11.0. The summed E-state index contributed by atoms with van der Waals surface area (Å²) in [6.07, 6.45) is 4.84. The van der Waals surface area contributed by atoms with Crippen LogP contribution in [0.4, 0.5) is 0 Å². The van der Waals surface area contributed by atoms with E-state index in [4.69, 9.17) is 5.73 Å². The summed E-state index contributed by atoms with van der Waals surface area (Å²) < 4.78 is 1.98. The molecule has 4 heteroatoms. The Morgan fingerprint density at radius 2 is 2.07 bits per heavy atom. The number of aromatic nitrogens is 2. The zero-order chi connectivity index (χ0) is 10.8. The van der Waals surface area contributed by atoms with Gasteiger partial charge < -0.3 is 5.73 Å². The standard InChI is InChI=1S/C11H19N3S/c1-8-7-11(14(2)13-8)15-10-5-3-9(12)4-6-10/h7,9-10H,3-6,12H2,1-2H3. The molecule has 0 saturated heterocycles. The summed E-state index contributed by atoms with van der Waals surface area (Å²) in [4.78, 5) is 0. The van der Waals surface area contributed by atoms with E-state index in [2.05, 4.69) is 11.2 Å². The monoisotopic (exact) mass is 225 g/mol. The van der Waals surface area contributed by atoms with Gasteiger partial charge in [0.25, 0.3) is 0 Å². The smallest absolute Gasteiger partial charge is 0.0941 e. The van der Waals surface area contributed by atoms with Crippen molar-refractivity contribution < 1.29 is 0 Å². The predicted octanol–water partition coefficient (Wildman–Crippen LogP) is 2.09. The highest BCUT2D eigenvalue weighted by atomic mass is 32.2. The van der Waals surface area contributed by atoms with E-state index in [9.17, 15) is 0 Å². The highest BCUT2D eigenvalue weighted by molar-refractivity contribution is 7.99. The highest BCUT2D eigenvalue weighted by Gasteiger charge is 2.20. The minimum Gasteiger partial charge on any atom is -0.328 e. The first-order valence-corrected chi connectivity index (χ1v) is 6.46. The Kier molecular flexibility index (Phi) is 3.36. The van der Waals surface area contributed by atoms with Gasteiger partial charge in [0.1, 0.15) is 0 Å². The van der Waals surface area contributed by atoms with E-state index < -0.39 is 0 Å². The molecule has 0 radical (unpaired) electrons. The lowest BCUT2D eigenvalue weighted by atomic mass is 9.96. The quantitative estimate of drug-likeness (QED) is 0.838. The van der Waals surface area contributed by atoms with Crippen LogP contribution in [0, 0.1) is 6.92 Å². The first-order chi connectivity index (χ1) is 7.15. The molecular weight excluding hydrogens is 206 g/mol. The van der Waals surface area contributed by atoms with Crippen LogP contribution in [-0.4, -0.2) is 21.1 Å². The van der Waals surface area contributed by atoms with E-state index in [0.29, 0.717) is 6.04 Å². The number of nitrogens with zero attached hydrogens (tertiary/aromatic N) is 2. The molecule has 0 unspecified atom stereocenters. The van der Waals surface area contributed by atoms with E-state index in [-0.39, 0.29) is 0 Å². The normalized spacial score (nSPS) is 26.9. The maximum atomic E-state index is 5.90. The molecule has 1 heterocycles. The Balaban J connectivity index is 1.94. The highest BCUT2D eigenvalue weighted by Crippen LogP contribution is 2.33. The van der Waals surface area contributed by atoms with Crippen molar-refractivity contribution in [2.75, 3.05) is 0 Å². The Bertz CT molecular complexity index is 327. The summed E-state index contributed by atoms with van der Waals surface area (Å²) in [7, 11) is 2.02. The van der Waals surface area contributed by atoms with Gasteiger partial charge in [-0.2, -0.15) is 5.10 Å². The summed E-state index contributed by atoms with van der Waals surface area (Å²) >= 11 is 1.96. The number of thioether (sulfide) groups is 1. The molecule has 1 aromatic rings. The van der Waals surface area contributed by atoms with Crippen molar-refractivity contribution in [2.45, 2.75) is 48.9 Å². The lowest BCUT2D eigenvalue weighted by Crippen LogP contribution is -2.27. The second-order valence-electron chi connectivity index (χ2n) is 4.40. The molecule has 2 rings (SSSR count). The molecule has 1 aliphatic carbocycles. The van der Waals surface area contributed by atoms with Crippen LogP contribution >= 0.6 is 11.8 Å². The summed E-state index contributed by atoms with van der Waals surface area (Å²) in [5.41, 5.74) is 7.00. The maximum absolute atomic E-state index is 5.90. The molecule has 3 nitrogen and oxygen atoms in total. The average molecular weight is 225 g/mol. The Hall–Kier alpha value is -0.480. The van der Waals surface area contributed by atoms with Gasteiger partial charge in [0, 0.05) is 18.3 Å². The minimum absolute atomic E-state index is 0.440. The van der Waals surface area contributed by atoms with Crippen LogP contribution in [0.5, 0.6) is 0 Å². The molecular formula is C11H19N3S. The van der Waals surface area contributed by atoms with Crippen molar-refractivity contribution in [3.63, 3.8) is 0 Å². The van der Waals surface area contributed by atoms with Gasteiger partial charge in [-0.05, 0) is 38.7 Å². The lowest BCUT2D eigenvalue weighted by molar-refractivity contribution is 0.450. The van der Waals surface area contributed by atoms with E-state index in [0.717, 1.165) is 10.9 Å². The Morgan fingerprint density at radius 1 is 1.40 bits per heavy atom. The third-order valence-electron chi connectivity index (χ3n) is 2.97. The lowest BCUT2D eigenvalue weighted by Gasteiger charge is -2.25. The molecule has 2 N–H and O–H groups in total. The fourth-order valence-corrected chi connectivity index (χ4v) is 3.36. The van der Waals surface area contributed by atoms with Crippen molar-refractivity contribution in [1.29, 1.82) is 0 Å². The maximum Gasteiger partial charge on any atom is 0.0941 e. The topological polar surface area (TPSA) is 43.8 Å². The van der Waals surface area contributed by atoms with Crippen LogP contribution in [0.3, 0.4) is 0 Å². The molecule has 1 fully saturated rings. The van der Waals surface area contributed by atoms with Gasteiger partial charge in [0.2, 0.25) is 0 Å². The Morgan fingerprint density at radius 3 is 2.60 bits per heavy atom. The van der Waals surface area contributed by atoms with E-state index in [1.807, 2.05) is 30.4 Å². The van der Waals surface area contributed by atoms with Gasteiger partial charge in [-0.25, -0.2) is 0 Å². The first-order valence-electron chi connectivity index (χ1n) is 5.58. The van der Waals surface area contributed by atoms with Gasteiger partial charge in [0.15, 0.2) is 0 Å². The molecule has 0 aliphatic heterocycles. The second kappa shape index (κ2) is 4.58. The van der Waals surface area contributed by atoms with Gasteiger partial charge in [-0.3, -0.25) is 4.68 Å². The van der Waals surface area contributed by atoms with Crippen LogP contribution < -0.4 is 5.73 Å². The molecule has 0 atom stereocenters. The van der Waals surface area contributed by atoms with Crippen molar-refractivity contribution >= 4 is 11.8 Å². The van der Waals surface area contributed by atoms with Gasteiger partial charge >= 0.3 is 0 Å². The van der Waals surface area contributed by atoms with Gasteiger partial charge in [0.05, 0.1) is 10.7 Å². The van der Waals surface area contributed by atoms with Crippen molar-refractivity contribution in [2.24, 2.45) is 12.8 Å². The molecule has 0 amide bonds. The zero-order valence-electron chi connectivity index (χ0n) is 9.44. The van der Waals surface area contributed by atoms with Crippen LogP contribution in [0.25, 0.3) is 0 Å².